The van der Waals surface area contributed by atoms with Gasteiger partial charge >= 0.3 is 0 Å². The van der Waals surface area contributed by atoms with Gasteiger partial charge in [-0.15, -0.1) is 0 Å². The van der Waals surface area contributed by atoms with Gasteiger partial charge in [-0.05, 0) is 60.3 Å². The van der Waals surface area contributed by atoms with Crippen LogP contribution in [0, 0.1) is 11.7 Å². The molecular formula is C25H33FO. The van der Waals surface area contributed by atoms with E-state index in [2.05, 4.69) is 31.2 Å². The molecule has 1 aliphatic rings. The maximum atomic E-state index is 14.2. The number of hydrogen-bond donors (Lipinski definition) is 0. The first kappa shape index (κ1) is 20.1. The van der Waals surface area contributed by atoms with Crippen LogP contribution in [0.5, 0.6) is 0 Å². The molecule has 27 heavy (non-hydrogen) atoms. The lowest BCUT2D eigenvalue weighted by molar-refractivity contribution is 0.181. The Labute approximate surface area is 164 Å². The van der Waals surface area contributed by atoms with Gasteiger partial charge in [0.25, 0.3) is 0 Å². The van der Waals surface area contributed by atoms with E-state index in [9.17, 15) is 4.39 Å². The summed E-state index contributed by atoms with van der Waals surface area (Å²) in [6.45, 7) is 2.59. The molecular weight excluding hydrogens is 335 g/mol. The van der Waals surface area contributed by atoms with Gasteiger partial charge in [-0.2, -0.15) is 0 Å². The first-order valence-corrected chi connectivity index (χ1v) is 10.6. The van der Waals surface area contributed by atoms with Crippen molar-refractivity contribution in [3.63, 3.8) is 0 Å². The highest BCUT2D eigenvalue weighted by Gasteiger charge is 2.22. The van der Waals surface area contributed by atoms with Crippen molar-refractivity contribution in [2.24, 2.45) is 5.92 Å². The SMILES string of the molecule is CCCCCC1CCC(c2ccc(-c3ccc(COC)c(F)c3)cc2)CC1. The lowest BCUT2D eigenvalue weighted by atomic mass is 9.77. The van der Waals surface area contributed by atoms with Gasteiger partial charge in [0.05, 0.1) is 6.61 Å². The van der Waals surface area contributed by atoms with E-state index >= 15 is 0 Å². The molecule has 0 amide bonds. The van der Waals surface area contributed by atoms with E-state index in [0.29, 0.717) is 18.1 Å². The fourth-order valence-electron chi connectivity index (χ4n) is 4.41. The van der Waals surface area contributed by atoms with Crippen LogP contribution in [0.2, 0.25) is 0 Å². The van der Waals surface area contributed by atoms with Crippen molar-refractivity contribution in [1.82, 2.24) is 0 Å². The minimum atomic E-state index is -0.195. The van der Waals surface area contributed by atoms with E-state index in [1.54, 1.807) is 13.2 Å². The van der Waals surface area contributed by atoms with Gasteiger partial charge in [0, 0.05) is 12.7 Å². The van der Waals surface area contributed by atoms with E-state index in [4.69, 9.17) is 4.74 Å². The van der Waals surface area contributed by atoms with Crippen LogP contribution >= 0.6 is 0 Å². The molecule has 2 aromatic rings. The maximum Gasteiger partial charge on any atom is 0.129 e. The molecule has 3 rings (SSSR count). The molecule has 1 fully saturated rings. The molecule has 0 saturated heterocycles. The second-order valence-corrected chi connectivity index (χ2v) is 8.07. The van der Waals surface area contributed by atoms with Crippen molar-refractivity contribution < 1.29 is 9.13 Å². The predicted octanol–water partition coefficient (Wildman–Crippen LogP) is 7.49. The normalized spacial score (nSPS) is 20.0. The molecule has 146 valence electrons. The highest BCUT2D eigenvalue weighted by molar-refractivity contribution is 5.64. The van der Waals surface area contributed by atoms with Crippen LogP contribution < -0.4 is 0 Å². The number of rotatable bonds is 8. The van der Waals surface area contributed by atoms with Crippen molar-refractivity contribution in [3.05, 3.63) is 59.4 Å². The molecule has 0 heterocycles. The number of benzene rings is 2. The molecule has 1 aliphatic carbocycles. The topological polar surface area (TPSA) is 9.23 Å². The zero-order chi connectivity index (χ0) is 19.1. The van der Waals surface area contributed by atoms with Gasteiger partial charge in [0.2, 0.25) is 0 Å². The van der Waals surface area contributed by atoms with Crippen molar-refractivity contribution in [2.45, 2.75) is 70.8 Å². The summed E-state index contributed by atoms with van der Waals surface area (Å²) in [6, 6.07) is 14.2. The fourth-order valence-corrected chi connectivity index (χ4v) is 4.41. The molecule has 0 aromatic heterocycles. The Morgan fingerprint density at radius 1 is 0.926 bits per heavy atom. The molecule has 0 atom stereocenters. The molecule has 0 bridgehead atoms. The number of hydrogen-bond acceptors (Lipinski definition) is 1. The molecule has 0 spiro atoms. The number of ether oxygens (including phenoxy) is 1. The van der Waals surface area contributed by atoms with Crippen LogP contribution in [0.15, 0.2) is 42.5 Å². The van der Waals surface area contributed by atoms with Crippen LogP contribution in [0.3, 0.4) is 0 Å². The van der Waals surface area contributed by atoms with Crippen LogP contribution in [-0.4, -0.2) is 7.11 Å². The summed E-state index contributed by atoms with van der Waals surface area (Å²) in [5.41, 5.74) is 4.06. The average molecular weight is 369 g/mol. The Kier molecular flexibility index (Phi) is 7.46. The summed E-state index contributed by atoms with van der Waals surface area (Å²) < 4.78 is 19.2. The van der Waals surface area contributed by atoms with Crippen LogP contribution in [0.25, 0.3) is 11.1 Å². The summed E-state index contributed by atoms with van der Waals surface area (Å²) in [6.07, 6.45) is 10.9. The Morgan fingerprint density at radius 3 is 2.26 bits per heavy atom. The monoisotopic (exact) mass is 368 g/mol. The van der Waals surface area contributed by atoms with E-state index in [1.807, 2.05) is 12.1 Å². The van der Waals surface area contributed by atoms with Crippen molar-refractivity contribution in [1.29, 1.82) is 0 Å². The van der Waals surface area contributed by atoms with Crippen LogP contribution in [0.4, 0.5) is 4.39 Å². The molecule has 0 N–H and O–H groups in total. The van der Waals surface area contributed by atoms with E-state index in [-0.39, 0.29) is 5.82 Å². The summed E-state index contributed by atoms with van der Waals surface area (Å²) in [4.78, 5) is 0. The third-order valence-electron chi connectivity index (χ3n) is 6.13. The zero-order valence-corrected chi connectivity index (χ0v) is 16.8. The third-order valence-corrected chi connectivity index (χ3v) is 6.13. The molecule has 1 saturated carbocycles. The summed E-state index contributed by atoms with van der Waals surface area (Å²) in [7, 11) is 1.59. The summed E-state index contributed by atoms with van der Waals surface area (Å²) in [5.74, 6) is 1.45. The van der Waals surface area contributed by atoms with Crippen molar-refractivity contribution in [2.75, 3.05) is 7.11 Å². The second-order valence-electron chi connectivity index (χ2n) is 8.07. The second kappa shape index (κ2) is 10.0. The van der Waals surface area contributed by atoms with E-state index in [1.165, 1.54) is 56.9 Å². The van der Waals surface area contributed by atoms with E-state index < -0.39 is 0 Å². The first-order chi connectivity index (χ1) is 13.2. The van der Waals surface area contributed by atoms with Gasteiger partial charge in [0.1, 0.15) is 5.82 Å². The molecule has 0 aliphatic heterocycles. The largest absolute Gasteiger partial charge is 0.380 e. The highest BCUT2D eigenvalue weighted by Crippen LogP contribution is 2.38. The zero-order valence-electron chi connectivity index (χ0n) is 16.8. The average Bonchev–Trinajstić information content (AvgIpc) is 2.71. The molecule has 0 radical (unpaired) electrons. The maximum absolute atomic E-state index is 14.2. The minimum Gasteiger partial charge on any atom is -0.380 e. The Bertz CT molecular complexity index is 699. The predicted molar refractivity (Wildman–Crippen MR) is 111 cm³/mol. The minimum absolute atomic E-state index is 0.195. The number of unbranched alkanes of at least 4 members (excludes halogenated alkanes) is 2. The lowest BCUT2D eigenvalue weighted by Crippen LogP contribution is -2.13. The van der Waals surface area contributed by atoms with Gasteiger partial charge in [-0.3, -0.25) is 0 Å². The van der Waals surface area contributed by atoms with Gasteiger partial charge in [-0.1, -0.05) is 69.0 Å². The van der Waals surface area contributed by atoms with E-state index in [0.717, 1.165) is 17.0 Å². The first-order valence-electron chi connectivity index (χ1n) is 10.6. The quantitative estimate of drug-likeness (QED) is 0.438. The highest BCUT2D eigenvalue weighted by atomic mass is 19.1. The van der Waals surface area contributed by atoms with Crippen molar-refractivity contribution >= 4 is 0 Å². The summed E-state index contributed by atoms with van der Waals surface area (Å²) in [5, 5.41) is 0. The molecule has 2 aromatic carbocycles. The van der Waals surface area contributed by atoms with Gasteiger partial charge < -0.3 is 4.74 Å². The number of methoxy groups -OCH3 is 1. The Balaban J connectivity index is 1.59. The third kappa shape index (κ3) is 5.42. The fraction of sp³-hybridized carbons (Fsp3) is 0.520. The standard InChI is InChI=1S/C25H33FO/c1-3-4-5-6-19-7-9-20(10-8-19)21-11-13-22(14-12-21)23-15-16-24(18-27-2)25(26)17-23/h11-17,19-20H,3-10,18H2,1-2H3. The Morgan fingerprint density at radius 2 is 1.63 bits per heavy atom. The van der Waals surface area contributed by atoms with Crippen LogP contribution in [0.1, 0.15) is 75.3 Å². The van der Waals surface area contributed by atoms with Gasteiger partial charge in [0.15, 0.2) is 0 Å². The smallest absolute Gasteiger partial charge is 0.129 e. The lowest BCUT2D eigenvalue weighted by Gasteiger charge is -2.29. The Hall–Kier alpha value is -1.67. The van der Waals surface area contributed by atoms with Crippen LogP contribution in [-0.2, 0) is 11.3 Å². The molecule has 2 heteroatoms. The molecule has 1 nitrogen and oxygen atoms in total. The van der Waals surface area contributed by atoms with Crippen molar-refractivity contribution in [3.8, 4) is 11.1 Å². The van der Waals surface area contributed by atoms with Gasteiger partial charge in [-0.25, -0.2) is 4.39 Å². The summed E-state index contributed by atoms with van der Waals surface area (Å²) >= 11 is 0. The number of halogens is 1. The molecule has 0 unspecified atom stereocenters.